The Bertz CT molecular complexity index is 874. The fraction of sp³-hybridized carbons (Fsp3) is 0.235. The van der Waals surface area contributed by atoms with Crippen molar-refractivity contribution in [1.29, 1.82) is 0 Å². The van der Waals surface area contributed by atoms with Gasteiger partial charge >= 0.3 is 0 Å². The lowest BCUT2D eigenvalue weighted by Crippen LogP contribution is -2.06. The molecule has 0 saturated carbocycles. The second-order valence-corrected chi connectivity index (χ2v) is 7.15. The molecular formula is C17H14BrFN2S. The van der Waals surface area contributed by atoms with Crippen LogP contribution in [0.3, 0.4) is 0 Å². The summed E-state index contributed by atoms with van der Waals surface area (Å²) >= 11 is 5.06. The number of halogens is 2. The molecule has 0 radical (unpaired) electrons. The van der Waals surface area contributed by atoms with E-state index >= 15 is 0 Å². The van der Waals surface area contributed by atoms with Gasteiger partial charge in [-0.25, -0.2) is 9.37 Å². The first kappa shape index (κ1) is 14.3. The summed E-state index contributed by atoms with van der Waals surface area (Å²) in [5.41, 5.74) is 3.07. The van der Waals surface area contributed by atoms with E-state index < -0.39 is 0 Å². The Balaban J connectivity index is 1.93. The molecule has 5 heteroatoms. The minimum Gasteiger partial charge on any atom is -0.320 e. The smallest absolute Gasteiger partial charge is 0.139 e. The highest BCUT2D eigenvalue weighted by Crippen LogP contribution is 2.39. The highest BCUT2D eigenvalue weighted by molar-refractivity contribution is 9.10. The Hall–Kier alpha value is -1.33. The van der Waals surface area contributed by atoms with Crippen molar-refractivity contribution in [1.82, 2.24) is 9.55 Å². The molecule has 1 aliphatic heterocycles. The summed E-state index contributed by atoms with van der Waals surface area (Å²) in [7, 11) is 0. The molecule has 0 amide bonds. The summed E-state index contributed by atoms with van der Waals surface area (Å²) in [5, 5.41) is 0. The molecule has 1 aromatic heterocycles. The molecule has 1 unspecified atom stereocenters. The maximum absolute atomic E-state index is 13.8. The van der Waals surface area contributed by atoms with Gasteiger partial charge in [-0.05, 0) is 46.3 Å². The Morgan fingerprint density at radius 1 is 1.32 bits per heavy atom. The van der Waals surface area contributed by atoms with Gasteiger partial charge in [0.1, 0.15) is 11.6 Å². The topological polar surface area (TPSA) is 17.8 Å². The Labute approximate surface area is 140 Å². The van der Waals surface area contributed by atoms with Gasteiger partial charge in [-0.15, -0.1) is 11.8 Å². The zero-order chi connectivity index (χ0) is 15.3. The van der Waals surface area contributed by atoms with Gasteiger partial charge in [0, 0.05) is 17.4 Å². The average molecular weight is 377 g/mol. The van der Waals surface area contributed by atoms with E-state index in [2.05, 4.69) is 56.0 Å². The number of aryl methyl sites for hydroxylation is 1. The van der Waals surface area contributed by atoms with Gasteiger partial charge in [-0.1, -0.05) is 18.2 Å². The third kappa shape index (κ3) is 2.10. The zero-order valence-corrected chi connectivity index (χ0v) is 14.4. The molecule has 0 saturated heterocycles. The fourth-order valence-corrected chi connectivity index (χ4v) is 4.28. The Morgan fingerprint density at radius 3 is 2.95 bits per heavy atom. The van der Waals surface area contributed by atoms with Crippen LogP contribution in [0.15, 0.2) is 45.8 Å². The molecule has 0 spiro atoms. The molecule has 112 valence electrons. The Morgan fingerprint density at radius 2 is 2.14 bits per heavy atom. The molecule has 2 aromatic carbocycles. The lowest BCUT2D eigenvalue weighted by Gasteiger charge is -2.18. The van der Waals surface area contributed by atoms with E-state index in [9.17, 15) is 4.39 Å². The third-order valence-electron chi connectivity index (χ3n) is 4.26. The van der Waals surface area contributed by atoms with Crippen LogP contribution in [0.2, 0.25) is 0 Å². The summed E-state index contributed by atoms with van der Waals surface area (Å²) in [5.74, 6) is 0.791. The number of imidazole rings is 1. The van der Waals surface area contributed by atoms with Gasteiger partial charge in [0.25, 0.3) is 0 Å². The molecule has 0 fully saturated rings. The number of nitrogens with zero attached hydrogens (tertiary/aromatic N) is 2. The van der Waals surface area contributed by atoms with Crippen LogP contribution in [-0.4, -0.2) is 15.8 Å². The van der Waals surface area contributed by atoms with Crippen molar-refractivity contribution in [3.8, 4) is 0 Å². The van der Waals surface area contributed by atoms with Crippen molar-refractivity contribution in [3.05, 3.63) is 58.1 Å². The zero-order valence-electron chi connectivity index (χ0n) is 12.0. The van der Waals surface area contributed by atoms with Crippen LogP contribution < -0.4 is 0 Å². The molecule has 0 bridgehead atoms. The largest absolute Gasteiger partial charge is 0.320 e. The first-order chi connectivity index (χ1) is 10.7. The van der Waals surface area contributed by atoms with E-state index in [1.54, 1.807) is 11.8 Å². The predicted octanol–water partition coefficient (Wildman–Crippen LogP) is 5.20. The second-order valence-electron chi connectivity index (χ2n) is 5.45. The van der Waals surface area contributed by atoms with Crippen LogP contribution in [0, 0.1) is 5.82 Å². The minimum atomic E-state index is -0.259. The molecule has 22 heavy (non-hydrogen) atoms. The summed E-state index contributed by atoms with van der Waals surface area (Å²) < 4.78 is 16.5. The summed E-state index contributed by atoms with van der Waals surface area (Å²) in [6, 6.07) is 12.2. The molecule has 4 rings (SSSR count). The van der Waals surface area contributed by atoms with E-state index in [4.69, 9.17) is 0 Å². The molecular weight excluding hydrogens is 363 g/mol. The van der Waals surface area contributed by atoms with E-state index in [0.717, 1.165) is 29.7 Å². The van der Waals surface area contributed by atoms with Gasteiger partial charge in [-0.3, -0.25) is 0 Å². The third-order valence-corrected chi connectivity index (χ3v) is 5.67. The lowest BCUT2D eigenvalue weighted by atomic mass is 10.0. The number of benzene rings is 2. The van der Waals surface area contributed by atoms with Gasteiger partial charge in [0.2, 0.25) is 0 Å². The molecule has 3 aromatic rings. The number of hydrogen-bond donors (Lipinski definition) is 0. The van der Waals surface area contributed by atoms with Crippen LogP contribution in [-0.2, 0) is 6.42 Å². The first-order valence-corrected chi connectivity index (χ1v) is 9.19. The molecule has 2 heterocycles. The van der Waals surface area contributed by atoms with Crippen molar-refractivity contribution in [2.45, 2.75) is 23.8 Å². The predicted molar refractivity (Wildman–Crippen MR) is 92.1 cm³/mol. The summed E-state index contributed by atoms with van der Waals surface area (Å²) in [6.07, 6.45) is 4.08. The standard InChI is InChI=1S/C17H14BrFN2S/c1-22-16-5-3-2-4-10(16)14-6-7-17-20-13-9-12(19)11(18)8-15(13)21(14)17/h2-5,8-9,14H,6-7H2,1H3. The van der Waals surface area contributed by atoms with E-state index in [1.807, 2.05) is 6.07 Å². The first-order valence-electron chi connectivity index (χ1n) is 7.18. The number of hydrogen-bond acceptors (Lipinski definition) is 2. The highest BCUT2D eigenvalue weighted by atomic mass is 79.9. The van der Waals surface area contributed by atoms with Crippen molar-refractivity contribution >= 4 is 38.7 Å². The number of fused-ring (bicyclic) bond motifs is 3. The Kier molecular flexibility index (Phi) is 3.50. The van der Waals surface area contributed by atoms with E-state index in [-0.39, 0.29) is 11.9 Å². The van der Waals surface area contributed by atoms with Crippen LogP contribution in [0.1, 0.15) is 23.9 Å². The molecule has 1 aliphatic rings. The SMILES string of the molecule is CSc1ccccc1C1CCc2nc3cc(F)c(Br)cc3n21. The maximum atomic E-state index is 13.8. The van der Waals surface area contributed by atoms with Crippen molar-refractivity contribution in [2.75, 3.05) is 6.26 Å². The van der Waals surface area contributed by atoms with Gasteiger partial charge in [0.05, 0.1) is 21.5 Å². The van der Waals surface area contributed by atoms with Gasteiger partial charge in [0.15, 0.2) is 0 Å². The number of thioether (sulfide) groups is 1. The summed E-state index contributed by atoms with van der Waals surface area (Å²) in [6.45, 7) is 0. The van der Waals surface area contributed by atoms with Crippen LogP contribution in [0.25, 0.3) is 11.0 Å². The van der Waals surface area contributed by atoms with E-state index in [0.29, 0.717) is 4.47 Å². The normalized spacial score (nSPS) is 17.1. The van der Waals surface area contributed by atoms with E-state index in [1.165, 1.54) is 16.5 Å². The number of aromatic nitrogens is 2. The molecule has 0 aliphatic carbocycles. The van der Waals surface area contributed by atoms with Crippen LogP contribution >= 0.6 is 27.7 Å². The van der Waals surface area contributed by atoms with Crippen molar-refractivity contribution < 1.29 is 4.39 Å². The fourth-order valence-electron chi connectivity index (χ4n) is 3.30. The average Bonchev–Trinajstić information content (AvgIpc) is 3.07. The van der Waals surface area contributed by atoms with Crippen molar-refractivity contribution in [2.24, 2.45) is 0 Å². The van der Waals surface area contributed by atoms with Gasteiger partial charge in [-0.2, -0.15) is 0 Å². The maximum Gasteiger partial charge on any atom is 0.139 e. The molecule has 2 nitrogen and oxygen atoms in total. The van der Waals surface area contributed by atoms with Gasteiger partial charge < -0.3 is 4.57 Å². The molecule has 0 N–H and O–H groups in total. The van der Waals surface area contributed by atoms with Crippen molar-refractivity contribution in [3.63, 3.8) is 0 Å². The lowest BCUT2D eigenvalue weighted by molar-refractivity contribution is 0.617. The number of rotatable bonds is 2. The quantitative estimate of drug-likeness (QED) is 0.572. The molecule has 1 atom stereocenters. The second kappa shape index (κ2) is 5.39. The summed E-state index contributed by atoms with van der Waals surface area (Å²) in [4.78, 5) is 5.92. The van der Waals surface area contributed by atoms with Crippen LogP contribution in [0.5, 0.6) is 0 Å². The highest BCUT2D eigenvalue weighted by Gasteiger charge is 2.28. The monoisotopic (exact) mass is 376 g/mol. The van der Waals surface area contributed by atoms with Crippen LogP contribution in [0.4, 0.5) is 4.39 Å². The minimum absolute atomic E-state index is 0.259.